The molecule has 0 spiro atoms. The van der Waals surface area contributed by atoms with E-state index in [1.165, 1.54) is 31.3 Å². The topological polar surface area (TPSA) is 89.3 Å². The number of rotatable bonds is 12. The van der Waals surface area contributed by atoms with Crippen molar-refractivity contribution >= 4 is 44.8 Å². The minimum absolute atomic E-state index is 0.100. The van der Waals surface area contributed by atoms with E-state index >= 15 is 0 Å². The quantitative estimate of drug-likeness (QED) is 0.153. The Balaban J connectivity index is 1.20. The molecule has 1 aliphatic carbocycles. The van der Waals surface area contributed by atoms with Gasteiger partial charge in [-0.15, -0.1) is 0 Å². The fraction of sp³-hybridized carbons (Fsp3) is 0.250. The maximum atomic E-state index is 13.5. The third-order valence-corrected chi connectivity index (χ3v) is 8.22. The van der Waals surface area contributed by atoms with Crippen molar-refractivity contribution in [3.05, 3.63) is 101 Å². The van der Waals surface area contributed by atoms with Gasteiger partial charge in [0.05, 0.1) is 16.6 Å². The maximum absolute atomic E-state index is 13.5. The minimum Gasteiger partial charge on any atom is -0.487 e. The highest BCUT2D eigenvalue weighted by molar-refractivity contribution is 7.84. The number of furan rings is 1. The molecule has 2 N–H and O–H groups in total. The van der Waals surface area contributed by atoms with Crippen LogP contribution in [0.5, 0.6) is 5.75 Å². The maximum Gasteiger partial charge on any atom is 0.141 e. The molecule has 0 saturated heterocycles. The molecule has 2 aromatic heterocycles. The third-order valence-electron chi connectivity index (χ3n) is 7.12. The lowest BCUT2D eigenvalue weighted by Gasteiger charge is -2.15. The zero-order chi connectivity index (χ0) is 29.1. The second kappa shape index (κ2) is 12.6. The highest BCUT2D eigenvalue weighted by Gasteiger charge is 2.25. The van der Waals surface area contributed by atoms with Gasteiger partial charge in [-0.2, -0.15) is 0 Å². The molecule has 6 rings (SSSR count). The zero-order valence-corrected chi connectivity index (χ0v) is 24.6. The second-order valence-electron chi connectivity index (χ2n) is 10.5. The van der Waals surface area contributed by atoms with Crippen LogP contribution in [0.4, 0.5) is 15.9 Å². The number of halogens is 2. The molecular formula is C32H30ClFN4O3S. The summed E-state index contributed by atoms with van der Waals surface area (Å²) in [5, 5.41) is 8.10. The van der Waals surface area contributed by atoms with Crippen molar-refractivity contribution in [1.29, 1.82) is 0 Å². The lowest BCUT2D eigenvalue weighted by Crippen LogP contribution is -2.27. The van der Waals surface area contributed by atoms with E-state index in [0.29, 0.717) is 39.6 Å². The van der Waals surface area contributed by atoms with E-state index in [1.807, 2.05) is 36.4 Å². The summed E-state index contributed by atoms with van der Waals surface area (Å²) in [6, 6.07) is 21.3. The fourth-order valence-corrected chi connectivity index (χ4v) is 5.72. The highest BCUT2D eigenvalue weighted by atomic mass is 35.5. The molecule has 3 aromatic carbocycles. The van der Waals surface area contributed by atoms with Crippen molar-refractivity contribution in [3.63, 3.8) is 0 Å². The van der Waals surface area contributed by atoms with Crippen molar-refractivity contribution in [3.8, 4) is 17.1 Å². The van der Waals surface area contributed by atoms with Crippen molar-refractivity contribution in [1.82, 2.24) is 15.3 Å². The van der Waals surface area contributed by atoms with Gasteiger partial charge in [-0.25, -0.2) is 14.4 Å². The van der Waals surface area contributed by atoms with Gasteiger partial charge in [-0.3, -0.25) is 4.21 Å². The molecule has 0 bridgehead atoms. The van der Waals surface area contributed by atoms with E-state index in [1.54, 1.807) is 30.5 Å². The Morgan fingerprint density at radius 1 is 1.10 bits per heavy atom. The van der Waals surface area contributed by atoms with Crippen molar-refractivity contribution < 1.29 is 17.8 Å². The van der Waals surface area contributed by atoms with Crippen LogP contribution in [-0.2, 0) is 17.4 Å². The molecule has 0 amide bonds. The van der Waals surface area contributed by atoms with E-state index in [0.717, 1.165) is 34.5 Å². The number of benzene rings is 3. The number of nitrogens with zero attached hydrogens (tertiary/aromatic N) is 2. The van der Waals surface area contributed by atoms with Gasteiger partial charge in [0.1, 0.15) is 41.8 Å². The molecule has 42 heavy (non-hydrogen) atoms. The predicted octanol–water partition coefficient (Wildman–Crippen LogP) is 7.42. The molecule has 2 unspecified atom stereocenters. The first-order chi connectivity index (χ1) is 20.4. The van der Waals surface area contributed by atoms with Gasteiger partial charge in [0.25, 0.3) is 0 Å². The number of hydrogen-bond acceptors (Lipinski definition) is 7. The Morgan fingerprint density at radius 2 is 1.98 bits per heavy atom. The summed E-state index contributed by atoms with van der Waals surface area (Å²) in [5.74, 6) is 3.49. The summed E-state index contributed by atoms with van der Waals surface area (Å²) >= 11 is 6.51. The van der Waals surface area contributed by atoms with Gasteiger partial charge in [-0.05, 0) is 91.5 Å². The number of ether oxygens (including phenoxy) is 1. The van der Waals surface area contributed by atoms with E-state index in [2.05, 4.69) is 20.6 Å². The van der Waals surface area contributed by atoms with Gasteiger partial charge < -0.3 is 19.8 Å². The van der Waals surface area contributed by atoms with Crippen LogP contribution in [0.15, 0.2) is 83.5 Å². The van der Waals surface area contributed by atoms with E-state index in [4.69, 9.17) is 20.8 Å². The summed E-state index contributed by atoms with van der Waals surface area (Å²) in [6.45, 7) is 1.11. The third kappa shape index (κ3) is 6.98. The number of nitrogens with one attached hydrogen (secondary N) is 2. The van der Waals surface area contributed by atoms with Crippen LogP contribution >= 0.6 is 11.6 Å². The van der Waals surface area contributed by atoms with Crippen LogP contribution in [-0.4, -0.2) is 32.7 Å². The number of fused-ring (bicyclic) bond motifs is 1. The number of hydrogen-bond donors (Lipinski definition) is 2. The average Bonchev–Trinajstić information content (AvgIpc) is 3.68. The van der Waals surface area contributed by atoms with Crippen LogP contribution in [0.3, 0.4) is 0 Å². The molecule has 7 nitrogen and oxygen atoms in total. The fourth-order valence-electron chi connectivity index (χ4n) is 4.73. The largest absolute Gasteiger partial charge is 0.487 e. The lowest BCUT2D eigenvalue weighted by atomic mass is 10.1. The first kappa shape index (κ1) is 28.3. The lowest BCUT2D eigenvalue weighted by molar-refractivity contribution is 0.306. The molecule has 0 radical (unpaired) electrons. The van der Waals surface area contributed by atoms with Crippen LogP contribution < -0.4 is 15.4 Å². The molecule has 5 aromatic rings. The summed E-state index contributed by atoms with van der Waals surface area (Å²) in [7, 11) is -0.960. The molecule has 2 heterocycles. The van der Waals surface area contributed by atoms with Crippen molar-refractivity contribution in [2.24, 2.45) is 5.92 Å². The van der Waals surface area contributed by atoms with Gasteiger partial charge in [-0.1, -0.05) is 23.7 Å². The Bertz CT molecular complexity index is 1740. The number of aromatic nitrogens is 2. The smallest absolute Gasteiger partial charge is 0.141 e. The normalized spacial score (nSPS) is 14.5. The van der Waals surface area contributed by atoms with Crippen molar-refractivity contribution in [2.45, 2.75) is 25.5 Å². The molecule has 0 aliphatic heterocycles. The Labute approximate surface area is 250 Å². The molecule has 216 valence electrons. The Morgan fingerprint density at radius 3 is 2.76 bits per heavy atom. The molecule has 1 fully saturated rings. The van der Waals surface area contributed by atoms with Crippen LogP contribution in [0, 0.1) is 11.7 Å². The second-order valence-corrected chi connectivity index (χ2v) is 12.4. The van der Waals surface area contributed by atoms with Crippen LogP contribution in [0.2, 0.25) is 5.02 Å². The van der Waals surface area contributed by atoms with Crippen LogP contribution in [0.1, 0.15) is 30.2 Å². The standard InChI is InChI=1S/C32H30ClFN4O3S/c1-42(39)18-28(35-16-20-5-6-20)31-12-11-29(41-31)22-7-9-27-25(14-22)32(37-19-36-27)38-24-8-10-30(26(33)15-24)40-17-21-3-2-4-23(34)13-21/h2-4,7-15,19-20,28,35H,5-6,16-18H2,1H3,(H,36,37,38). The van der Waals surface area contributed by atoms with E-state index < -0.39 is 10.8 Å². The Kier molecular flexibility index (Phi) is 8.51. The molecule has 2 atom stereocenters. The van der Waals surface area contributed by atoms with Crippen molar-refractivity contribution in [2.75, 3.05) is 23.9 Å². The monoisotopic (exact) mass is 604 g/mol. The Hall–Kier alpha value is -3.79. The predicted molar refractivity (Wildman–Crippen MR) is 165 cm³/mol. The first-order valence-electron chi connectivity index (χ1n) is 13.7. The van der Waals surface area contributed by atoms with Gasteiger partial charge in [0.15, 0.2) is 0 Å². The molecule has 1 aliphatic rings. The molecule has 1 saturated carbocycles. The SMILES string of the molecule is CS(=O)CC(NCC1CC1)c1ccc(-c2ccc3ncnc(Nc4ccc(OCc5cccc(F)c5)c(Cl)c4)c3c2)o1. The average molecular weight is 605 g/mol. The minimum atomic E-state index is -0.960. The molecular weight excluding hydrogens is 575 g/mol. The van der Waals surface area contributed by atoms with Gasteiger partial charge in [0, 0.05) is 39.4 Å². The molecule has 10 heteroatoms. The van der Waals surface area contributed by atoms with E-state index in [9.17, 15) is 8.60 Å². The first-order valence-corrected chi connectivity index (χ1v) is 15.8. The summed E-state index contributed by atoms with van der Waals surface area (Å²) in [5.41, 5.74) is 3.09. The summed E-state index contributed by atoms with van der Waals surface area (Å²) in [4.78, 5) is 8.90. The van der Waals surface area contributed by atoms with Gasteiger partial charge in [0.2, 0.25) is 0 Å². The summed E-state index contributed by atoms with van der Waals surface area (Å²) in [6.07, 6.45) is 5.71. The van der Waals surface area contributed by atoms with Gasteiger partial charge >= 0.3 is 0 Å². The van der Waals surface area contributed by atoms with Crippen LogP contribution in [0.25, 0.3) is 22.2 Å². The zero-order valence-electron chi connectivity index (χ0n) is 23.0. The van der Waals surface area contributed by atoms with E-state index in [-0.39, 0.29) is 18.5 Å². The number of anilines is 2. The summed E-state index contributed by atoms with van der Waals surface area (Å²) < 4.78 is 37.6. The highest BCUT2D eigenvalue weighted by Crippen LogP contribution is 2.34.